The number of benzene rings is 2. The maximum Gasteiger partial charge on any atom is 0.354 e. The molecule has 0 atom stereocenters. The zero-order valence-electron chi connectivity index (χ0n) is 12.2. The van der Waals surface area contributed by atoms with E-state index in [4.69, 9.17) is 5.11 Å². The number of carbonyl (C=O) groups is 2. The molecule has 0 spiro atoms. The minimum absolute atomic E-state index is 0.296. The Morgan fingerprint density at radius 3 is 1.74 bits per heavy atom. The van der Waals surface area contributed by atoms with Crippen LogP contribution in [0.15, 0.2) is 77.4 Å². The fraction of sp³-hybridized carbons (Fsp3) is 0.0556. The van der Waals surface area contributed by atoms with E-state index in [0.717, 1.165) is 17.2 Å². The fourth-order valence-corrected chi connectivity index (χ4v) is 1.97. The van der Waals surface area contributed by atoms with Crippen molar-refractivity contribution in [1.29, 1.82) is 0 Å². The first-order valence-electron chi connectivity index (χ1n) is 6.92. The lowest BCUT2D eigenvalue weighted by Gasteiger charge is -2.08. The molecule has 2 aromatic carbocycles. The van der Waals surface area contributed by atoms with Gasteiger partial charge in [-0.3, -0.25) is 4.79 Å². The van der Waals surface area contributed by atoms with Gasteiger partial charge in [0, 0.05) is 11.1 Å². The predicted molar refractivity (Wildman–Crippen MR) is 86.5 cm³/mol. The maximum atomic E-state index is 11.3. The normalized spacial score (nSPS) is 10.9. The Hall–Kier alpha value is -3.21. The van der Waals surface area contributed by atoms with E-state index in [2.05, 4.69) is 4.99 Å². The van der Waals surface area contributed by atoms with Crippen LogP contribution in [0.2, 0.25) is 0 Å². The van der Waals surface area contributed by atoms with Crippen molar-refractivity contribution in [2.45, 2.75) is 6.42 Å². The molecule has 0 bridgehead atoms. The van der Waals surface area contributed by atoms with Crippen molar-refractivity contribution in [2.24, 2.45) is 4.99 Å². The summed E-state index contributed by atoms with van der Waals surface area (Å²) in [5.41, 5.74) is 1.68. The molecule has 0 fully saturated rings. The van der Waals surface area contributed by atoms with Crippen molar-refractivity contribution in [3.05, 3.63) is 83.6 Å². The molecule has 0 amide bonds. The monoisotopic (exact) mass is 309 g/mol. The van der Waals surface area contributed by atoms with E-state index in [-0.39, 0.29) is 5.70 Å². The lowest BCUT2D eigenvalue weighted by Crippen LogP contribution is -2.08. The van der Waals surface area contributed by atoms with Gasteiger partial charge in [0.05, 0.1) is 12.1 Å². The first kappa shape index (κ1) is 16.2. The van der Waals surface area contributed by atoms with Gasteiger partial charge in [-0.05, 0) is 6.08 Å². The van der Waals surface area contributed by atoms with E-state index >= 15 is 0 Å². The largest absolute Gasteiger partial charge is 0.481 e. The second-order valence-electron chi connectivity index (χ2n) is 4.68. The van der Waals surface area contributed by atoms with Gasteiger partial charge in [0.25, 0.3) is 0 Å². The van der Waals surface area contributed by atoms with Crippen LogP contribution in [0, 0.1) is 0 Å². The Balaban J connectivity index is 2.54. The number of carboxylic acids is 2. The predicted octanol–water partition coefficient (Wildman–Crippen LogP) is 2.97. The van der Waals surface area contributed by atoms with Gasteiger partial charge < -0.3 is 10.2 Å². The smallest absolute Gasteiger partial charge is 0.354 e. The van der Waals surface area contributed by atoms with E-state index < -0.39 is 18.4 Å². The third-order valence-electron chi connectivity index (χ3n) is 3.02. The quantitative estimate of drug-likeness (QED) is 0.634. The van der Waals surface area contributed by atoms with Gasteiger partial charge in [-0.25, -0.2) is 9.79 Å². The van der Waals surface area contributed by atoms with Crippen LogP contribution >= 0.6 is 0 Å². The van der Waals surface area contributed by atoms with Crippen molar-refractivity contribution in [3.63, 3.8) is 0 Å². The Morgan fingerprint density at radius 2 is 1.35 bits per heavy atom. The van der Waals surface area contributed by atoms with Crippen LogP contribution in [-0.4, -0.2) is 27.9 Å². The first-order valence-corrected chi connectivity index (χ1v) is 6.92. The standard InChI is InChI=1S/C18H15NO4/c20-16(21)12-11-15(18(22)23)19-17(13-7-3-1-4-8-13)14-9-5-2-6-10-14/h1-11H,12H2,(H,20,21)(H,22,23)/b15-11-. The van der Waals surface area contributed by atoms with Crippen molar-refractivity contribution >= 4 is 17.7 Å². The Morgan fingerprint density at radius 1 is 0.870 bits per heavy atom. The Labute approximate surface area is 133 Å². The summed E-state index contributed by atoms with van der Waals surface area (Å²) in [5.74, 6) is -2.38. The van der Waals surface area contributed by atoms with Crippen molar-refractivity contribution in [3.8, 4) is 0 Å². The molecule has 5 nitrogen and oxygen atoms in total. The molecular weight excluding hydrogens is 294 g/mol. The molecule has 0 aliphatic heterocycles. The van der Waals surface area contributed by atoms with E-state index in [1.54, 1.807) is 0 Å². The summed E-state index contributed by atoms with van der Waals surface area (Å²) >= 11 is 0. The molecule has 116 valence electrons. The second kappa shape index (κ2) is 7.70. The molecule has 0 saturated carbocycles. The number of rotatable bonds is 6. The Kier molecular flexibility index (Phi) is 5.41. The highest BCUT2D eigenvalue weighted by molar-refractivity contribution is 6.14. The second-order valence-corrected chi connectivity index (χ2v) is 4.68. The van der Waals surface area contributed by atoms with Crippen LogP contribution in [0.4, 0.5) is 0 Å². The molecule has 0 aliphatic carbocycles. The molecule has 0 unspecified atom stereocenters. The molecule has 5 heteroatoms. The van der Waals surface area contributed by atoms with Gasteiger partial charge in [-0.2, -0.15) is 0 Å². The van der Waals surface area contributed by atoms with Crippen LogP contribution in [-0.2, 0) is 9.59 Å². The maximum absolute atomic E-state index is 11.3. The molecule has 0 radical (unpaired) electrons. The number of aliphatic imine (C=N–C) groups is 1. The number of nitrogens with zero attached hydrogens (tertiary/aromatic N) is 1. The summed E-state index contributed by atoms with van der Waals surface area (Å²) in [5, 5.41) is 18.0. The van der Waals surface area contributed by atoms with Crippen LogP contribution in [0.5, 0.6) is 0 Å². The molecule has 0 aromatic heterocycles. The minimum atomic E-state index is -1.27. The summed E-state index contributed by atoms with van der Waals surface area (Å²) in [7, 11) is 0. The molecule has 2 rings (SSSR count). The topological polar surface area (TPSA) is 87.0 Å². The number of aliphatic carboxylic acids is 2. The highest BCUT2D eigenvalue weighted by Gasteiger charge is 2.12. The van der Waals surface area contributed by atoms with Crippen LogP contribution < -0.4 is 0 Å². The third-order valence-corrected chi connectivity index (χ3v) is 3.02. The van der Waals surface area contributed by atoms with E-state index in [1.807, 2.05) is 60.7 Å². The van der Waals surface area contributed by atoms with Crippen LogP contribution in [0.1, 0.15) is 17.5 Å². The number of hydrogen-bond acceptors (Lipinski definition) is 3. The van der Waals surface area contributed by atoms with Crippen LogP contribution in [0.25, 0.3) is 0 Å². The van der Waals surface area contributed by atoms with Gasteiger partial charge in [-0.15, -0.1) is 0 Å². The van der Waals surface area contributed by atoms with E-state index in [0.29, 0.717) is 5.71 Å². The highest BCUT2D eigenvalue weighted by atomic mass is 16.4. The summed E-state index contributed by atoms with van der Waals surface area (Å²) in [4.78, 5) is 26.2. The average Bonchev–Trinajstić information content (AvgIpc) is 2.56. The molecular formula is C18H15NO4. The molecule has 0 saturated heterocycles. The van der Waals surface area contributed by atoms with Crippen molar-refractivity contribution in [1.82, 2.24) is 0 Å². The summed E-state index contributed by atoms with van der Waals surface area (Å²) in [6.07, 6.45) is 0.693. The zero-order valence-corrected chi connectivity index (χ0v) is 12.2. The van der Waals surface area contributed by atoms with Gasteiger partial charge in [-0.1, -0.05) is 60.7 Å². The zero-order chi connectivity index (χ0) is 16.7. The van der Waals surface area contributed by atoms with Crippen LogP contribution in [0.3, 0.4) is 0 Å². The van der Waals surface area contributed by atoms with E-state index in [9.17, 15) is 14.7 Å². The van der Waals surface area contributed by atoms with Gasteiger partial charge in [0.2, 0.25) is 0 Å². The van der Waals surface area contributed by atoms with Crippen molar-refractivity contribution < 1.29 is 19.8 Å². The summed E-state index contributed by atoms with van der Waals surface area (Å²) in [6.45, 7) is 0. The molecule has 2 N–H and O–H groups in total. The molecule has 0 heterocycles. The highest BCUT2D eigenvalue weighted by Crippen LogP contribution is 2.14. The van der Waals surface area contributed by atoms with E-state index in [1.165, 1.54) is 0 Å². The van der Waals surface area contributed by atoms with Crippen molar-refractivity contribution in [2.75, 3.05) is 0 Å². The fourth-order valence-electron chi connectivity index (χ4n) is 1.97. The summed E-state index contributed by atoms with van der Waals surface area (Å²) < 4.78 is 0. The third kappa shape index (κ3) is 4.64. The minimum Gasteiger partial charge on any atom is -0.481 e. The number of carboxylic acid groups (broad SMARTS) is 2. The Bertz CT molecular complexity index is 708. The van der Waals surface area contributed by atoms with Gasteiger partial charge >= 0.3 is 11.9 Å². The van der Waals surface area contributed by atoms with Gasteiger partial charge in [0.1, 0.15) is 5.70 Å². The SMILES string of the molecule is O=C(O)C/C=C(\N=C(c1ccccc1)c1ccccc1)C(=O)O. The molecule has 2 aromatic rings. The number of hydrogen-bond donors (Lipinski definition) is 2. The molecule has 23 heavy (non-hydrogen) atoms. The van der Waals surface area contributed by atoms with Gasteiger partial charge in [0.15, 0.2) is 0 Å². The molecule has 0 aliphatic rings. The first-order chi connectivity index (χ1) is 11.1. The average molecular weight is 309 g/mol. The lowest BCUT2D eigenvalue weighted by atomic mass is 10.0. The lowest BCUT2D eigenvalue weighted by molar-refractivity contribution is -0.136. The summed E-state index contributed by atoms with van der Waals surface area (Å²) in [6, 6.07) is 18.3.